The molecule has 0 N–H and O–H groups in total. The molecule has 0 fully saturated rings. The second kappa shape index (κ2) is 9.97. The minimum absolute atomic E-state index is 0.0675. The van der Waals surface area contributed by atoms with Gasteiger partial charge in [0.05, 0.1) is 19.4 Å². The third-order valence-electron chi connectivity index (χ3n) is 3.13. The number of rotatable bonds is 9. The molecule has 0 amide bonds. The highest BCUT2D eigenvalue weighted by atomic mass is 16.5. The van der Waals surface area contributed by atoms with Crippen molar-refractivity contribution in [3.05, 3.63) is 35.4 Å². The molecule has 0 radical (unpaired) electrons. The van der Waals surface area contributed by atoms with Gasteiger partial charge in [-0.25, -0.2) is 0 Å². The zero-order valence-corrected chi connectivity index (χ0v) is 12.9. The third kappa shape index (κ3) is 7.49. The predicted octanol–water partition coefficient (Wildman–Crippen LogP) is 3.42. The molecular weight excluding hydrogens is 268 g/mol. The number of aryl methyl sites for hydroxylation is 1. The van der Waals surface area contributed by atoms with Crippen LogP contribution in [0.5, 0.6) is 0 Å². The van der Waals surface area contributed by atoms with E-state index in [2.05, 4.69) is 6.92 Å². The smallest absolute Gasteiger partial charge is 0.306 e. The first-order valence-corrected chi connectivity index (χ1v) is 7.54. The molecule has 1 aromatic carbocycles. The number of carbonyl (C=O) groups is 2. The fraction of sp³-hybridized carbons (Fsp3) is 0.529. The molecule has 4 heteroatoms. The number of unbranched alkanes of at least 4 members (excludes halogenated alkanes) is 1. The van der Waals surface area contributed by atoms with Gasteiger partial charge < -0.3 is 9.47 Å². The maximum atomic E-state index is 11.5. The van der Waals surface area contributed by atoms with E-state index in [1.165, 1.54) is 5.56 Å². The van der Waals surface area contributed by atoms with E-state index in [0.717, 1.165) is 24.8 Å². The van der Waals surface area contributed by atoms with Gasteiger partial charge in [0.2, 0.25) is 0 Å². The van der Waals surface area contributed by atoms with Gasteiger partial charge in [-0.05, 0) is 24.0 Å². The van der Waals surface area contributed by atoms with Crippen molar-refractivity contribution in [2.45, 2.75) is 52.6 Å². The summed E-state index contributed by atoms with van der Waals surface area (Å²) in [7, 11) is 0. The van der Waals surface area contributed by atoms with Crippen molar-refractivity contribution in [2.24, 2.45) is 0 Å². The van der Waals surface area contributed by atoms with Crippen LogP contribution < -0.4 is 0 Å². The summed E-state index contributed by atoms with van der Waals surface area (Å²) in [4.78, 5) is 22.9. The Morgan fingerprint density at radius 2 is 1.48 bits per heavy atom. The lowest BCUT2D eigenvalue weighted by Crippen LogP contribution is -2.10. The fourth-order valence-electron chi connectivity index (χ4n) is 1.71. The number of ether oxygens (including phenoxy) is 2. The molecule has 0 aliphatic carbocycles. The quantitative estimate of drug-likeness (QED) is 0.517. The summed E-state index contributed by atoms with van der Waals surface area (Å²) in [6.07, 6.45) is 2.96. The van der Waals surface area contributed by atoms with Gasteiger partial charge in [0.15, 0.2) is 0 Å². The lowest BCUT2D eigenvalue weighted by atomic mass is 10.1. The molecule has 0 saturated heterocycles. The molecular formula is C17H24O4. The second-order valence-corrected chi connectivity index (χ2v) is 4.90. The Morgan fingerprint density at radius 1 is 0.905 bits per heavy atom. The number of hydrogen-bond acceptors (Lipinski definition) is 4. The maximum absolute atomic E-state index is 11.5. The molecule has 0 saturated carbocycles. The number of benzene rings is 1. The van der Waals surface area contributed by atoms with Crippen LogP contribution in [-0.4, -0.2) is 18.5 Å². The lowest BCUT2D eigenvalue weighted by molar-refractivity contribution is -0.151. The summed E-state index contributed by atoms with van der Waals surface area (Å²) in [5.74, 6) is -0.713. The van der Waals surface area contributed by atoms with Crippen molar-refractivity contribution >= 4 is 11.9 Å². The molecule has 1 aromatic rings. The Labute approximate surface area is 126 Å². The molecule has 0 heterocycles. The zero-order chi connectivity index (χ0) is 15.5. The normalized spacial score (nSPS) is 10.2. The van der Waals surface area contributed by atoms with E-state index in [-0.39, 0.29) is 31.4 Å². The zero-order valence-electron chi connectivity index (χ0n) is 12.9. The van der Waals surface area contributed by atoms with Gasteiger partial charge in [-0.15, -0.1) is 0 Å². The predicted molar refractivity (Wildman–Crippen MR) is 80.7 cm³/mol. The molecule has 116 valence electrons. The van der Waals surface area contributed by atoms with Crippen LogP contribution in [0.3, 0.4) is 0 Å². The number of hydrogen-bond donors (Lipinski definition) is 0. The Hall–Kier alpha value is -1.84. The fourth-order valence-corrected chi connectivity index (χ4v) is 1.71. The van der Waals surface area contributed by atoms with Crippen LogP contribution in [0.4, 0.5) is 0 Å². The molecule has 0 bridgehead atoms. The van der Waals surface area contributed by atoms with E-state index in [4.69, 9.17) is 9.47 Å². The van der Waals surface area contributed by atoms with Crippen molar-refractivity contribution in [1.82, 2.24) is 0 Å². The largest absolute Gasteiger partial charge is 0.466 e. The van der Waals surface area contributed by atoms with Crippen LogP contribution in [-0.2, 0) is 32.1 Å². The van der Waals surface area contributed by atoms with Gasteiger partial charge in [0.1, 0.15) is 6.61 Å². The summed E-state index contributed by atoms with van der Waals surface area (Å²) in [6.45, 7) is 4.79. The van der Waals surface area contributed by atoms with Crippen LogP contribution in [0, 0.1) is 0 Å². The van der Waals surface area contributed by atoms with Crippen LogP contribution in [0.25, 0.3) is 0 Å². The summed E-state index contributed by atoms with van der Waals surface area (Å²) < 4.78 is 10.1. The van der Waals surface area contributed by atoms with Gasteiger partial charge in [-0.1, -0.05) is 44.5 Å². The first-order chi connectivity index (χ1) is 10.2. The van der Waals surface area contributed by atoms with E-state index < -0.39 is 0 Å². The van der Waals surface area contributed by atoms with E-state index >= 15 is 0 Å². The first-order valence-electron chi connectivity index (χ1n) is 7.54. The minimum Gasteiger partial charge on any atom is -0.466 e. The Morgan fingerprint density at radius 3 is 2.05 bits per heavy atom. The van der Waals surface area contributed by atoms with E-state index in [9.17, 15) is 9.59 Å². The monoisotopic (exact) mass is 292 g/mol. The van der Waals surface area contributed by atoms with Gasteiger partial charge in [-0.3, -0.25) is 9.59 Å². The first kappa shape index (κ1) is 17.2. The molecule has 0 aromatic heterocycles. The van der Waals surface area contributed by atoms with Crippen molar-refractivity contribution in [3.8, 4) is 0 Å². The number of esters is 2. The molecule has 4 nitrogen and oxygen atoms in total. The average molecular weight is 292 g/mol. The minimum atomic E-state index is -0.373. The maximum Gasteiger partial charge on any atom is 0.306 e. The van der Waals surface area contributed by atoms with Gasteiger partial charge in [0, 0.05) is 0 Å². The molecule has 0 spiro atoms. The molecule has 1 rings (SSSR count). The molecule has 0 atom stereocenters. The van der Waals surface area contributed by atoms with E-state index in [1.807, 2.05) is 31.2 Å². The Kier molecular flexibility index (Phi) is 8.17. The van der Waals surface area contributed by atoms with Crippen LogP contribution in [0.1, 0.15) is 50.7 Å². The van der Waals surface area contributed by atoms with Crippen molar-refractivity contribution < 1.29 is 19.1 Å². The summed E-state index contributed by atoms with van der Waals surface area (Å²) in [5.41, 5.74) is 2.20. The average Bonchev–Trinajstić information content (AvgIpc) is 2.51. The van der Waals surface area contributed by atoms with Crippen molar-refractivity contribution in [2.75, 3.05) is 6.61 Å². The standard InChI is InChI=1S/C17H24O4/c1-3-5-12-20-16(18)10-11-17(19)21-13-15-8-6-14(4-2)7-9-15/h6-9H,3-5,10-13H2,1-2H3. The second-order valence-electron chi connectivity index (χ2n) is 4.90. The Balaban J connectivity index is 2.19. The van der Waals surface area contributed by atoms with E-state index in [0.29, 0.717) is 6.61 Å². The highest BCUT2D eigenvalue weighted by Gasteiger charge is 2.09. The highest BCUT2D eigenvalue weighted by Crippen LogP contribution is 2.07. The lowest BCUT2D eigenvalue weighted by Gasteiger charge is -2.06. The van der Waals surface area contributed by atoms with Gasteiger partial charge in [-0.2, -0.15) is 0 Å². The van der Waals surface area contributed by atoms with Gasteiger partial charge in [0.25, 0.3) is 0 Å². The molecule has 21 heavy (non-hydrogen) atoms. The Bertz CT molecular complexity index is 437. The van der Waals surface area contributed by atoms with Gasteiger partial charge >= 0.3 is 11.9 Å². The molecule has 0 unspecified atom stereocenters. The van der Waals surface area contributed by atoms with E-state index in [1.54, 1.807) is 0 Å². The number of carbonyl (C=O) groups excluding carboxylic acids is 2. The van der Waals surface area contributed by atoms with Crippen LogP contribution >= 0.6 is 0 Å². The summed E-state index contributed by atoms with van der Waals surface area (Å²) in [5, 5.41) is 0. The summed E-state index contributed by atoms with van der Waals surface area (Å²) >= 11 is 0. The third-order valence-corrected chi connectivity index (χ3v) is 3.13. The van der Waals surface area contributed by atoms with Crippen molar-refractivity contribution in [3.63, 3.8) is 0 Å². The van der Waals surface area contributed by atoms with Crippen LogP contribution in [0.15, 0.2) is 24.3 Å². The topological polar surface area (TPSA) is 52.6 Å². The highest BCUT2D eigenvalue weighted by molar-refractivity contribution is 5.77. The molecule has 0 aliphatic rings. The van der Waals surface area contributed by atoms with Crippen molar-refractivity contribution in [1.29, 1.82) is 0 Å². The van der Waals surface area contributed by atoms with Crippen LogP contribution in [0.2, 0.25) is 0 Å². The molecule has 0 aliphatic heterocycles. The summed E-state index contributed by atoms with van der Waals surface area (Å²) in [6, 6.07) is 7.94. The SMILES string of the molecule is CCCCOC(=O)CCC(=O)OCc1ccc(CC)cc1.